The molecule has 0 radical (unpaired) electrons. The van der Waals surface area contributed by atoms with Gasteiger partial charge < -0.3 is 5.32 Å². The number of hydrogen-bond acceptors (Lipinski definition) is 5. The quantitative estimate of drug-likeness (QED) is 0.607. The third-order valence-corrected chi connectivity index (χ3v) is 5.37. The minimum Gasteiger partial charge on any atom is -0.326 e. The van der Waals surface area contributed by atoms with Crippen LogP contribution >= 0.6 is 34.3 Å². The van der Waals surface area contributed by atoms with Gasteiger partial charge in [-0.15, -0.1) is 22.7 Å². The number of thiophene rings is 1. The number of benzene rings is 1. The molecule has 0 fully saturated rings. The topological polar surface area (TPSA) is 59.1 Å². The van der Waals surface area contributed by atoms with Gasteiger partial charge >= 0.3 is 0 Å². The first kappa shape index (κ1) is 16.8. The SMILES string of the molecule is O=C(CCC(=O)c1ccc(Cl)s1)Nc1ccc(-c2nccs2)cc1. The lowest BCUT2D eigenvalue weighted by Crippen LogP contribution is -2.13. The third-order valence-electron chi connectivity index (χ3n) is 3.28. The van der Waals surface area contributed by atoms with Gasteiger partial charge in [-0.25, -0.2) is 4.98 Å². The molecular weight excluding hydrogens is 364 g/mol. The maximum atomic E-state index is 12.0. The lowest BCUT2D eigenvalue weighted by molar-refractivity contribution is -0.116. The van der Waals surface area contributed by atoms with E-state index in [1.165, 1.54) is 11.3 Å². The van der Waals surface area contributed by atoms with Crippen molar-refractivity contribution in [1.29, 1.82) is 0 Å². The Morgan fingerprint density at radius 3 is 2.50 bits per heavy atom. The van der Waals surface area contributed by atoms with E-state index in [2.05, 4.69) is 10.3 Å². The monoisotopic (exact) mass is 376 g/mol. The second kappa shape index (κ2) is 7.70. The van der Waals surface area contributed by atoms with Crippen LogP contribution in [-0.2, 0) is 4.79 Å². The number of carbonyl (C=O) groups excluding carboxylic acids is 2. The fraction of sp³-hybridized carbons (Fsp3) is 0.118. The van der Waals surface area contributed by atoms with Crippen LogP contribution in [0.25, 0.3) is 10.6 Å². The highest BCUT2D eigenvalue weighted by molar-refractivity contribution is 7.18. The van der Waals surface area contributed by atoms with Gasteiger partial charge in [0.25, 0.3) is 0 Å². The largest absolute Gasteiger partial charge is 0.326 e. The molecule has 0 spiro atoms. The van der Waals surface area contributed by atoms with E-state index in [9.17, 15) is 9.59 Å². The molecule has 0 aliphatic rings. The third kappa shape index (κ3) is 4.29. The average Bonchev–Trinajstić information content (AvgIpc) is 3.25. The lowest BCUT2D eigenvalue weighted by Gasteiger charge is -2.05. The highest BCUT2D eigenvalue weighted by atomic mass is 35.5. The molecule has 1 aromatic carbocycles. The van der Waals surface area contributed by atoms with E-state index in [4.69, 9.17) is 11.6 Å². The van der Waals surface area contributed by atoms with Crippen LogP contribution in [0.15, 0.2) is 48.0 Å². The molecule has 1 amide bonds. The first-order valence-corrected chi connectivity index (χ1v) is 9.27. The number of anilines is 1. The minimum absolute atomic E-state index is 0.0684. The highest BCUT2D eigenvalue weighted by Crippen LogP contribution is 2.24. The van der Waals surface area contributed by atoms with Crippen LogP contribution < -0.4 is 5.32 Å². The van der Waals surface area contributed by atoms with Crippen LogP contribution in [0.5, 0.6) is 0 Å². The van der Waals surface area contributed by atoms with Crippen LogP contribution in [0.3, 0.4) is 0 Å². The molecule has 0 saturated heterocycles. The summed E-state index contributed by atoms with van der Waals surface area (Å²) >= 11 is 8.60. The summed E-state index contributed by atoms with van der Waals surface area (Å²) in [5.41, 5.74) is 1.71. The fourth-order valence-electron chi connectivity index (χ4n) is 2.10. The number of hydrogen-bond donors (Lipinski definition) is 1. The molecule has 4 nitrogen and oxygen atoms in total. The maximum absolute atomic E-state index is 12.0. The Balaban J connectivity index is 1.52. The Bertz CT molecular complexity index is 842. The summed E-state index contributed by atoms with van der Waals surface area (Å²) in [6.45, 7) is 0. The number of ketones is 1. The normalized spacial score (nSPS) is 10.5. The standard InChI is InChI=1S/C17H13ClN2O2S2/c18-15-7-6-14(24-15)13(21)5-8-16(22)20-12-3-1-11(2-4-12)17-19-9-10-23-17/h1-4,6-7,9-10H,5,8H2,(H,20,22). The number of thiazole rings is 1. The van der Waals surface area contributed by atoms with Crippen LogP contribution in [-0.4, -0.2) is 16.7 Å². The molecule has 0 bridgehead atoms. The smallest absolute Gasteiger partial charge is 0.224 e. The molecule has 0 unspecified atom stereocenters. The van der Waals surface area contributed by atoms with Gasteiger partial charge in [0.2, 0.25) is 5.91 Å². The summed E-state index contributed by atoms with van der Waals surface area (Å²) < 4.78 is 0.572. The minimum atomic E-state index is -0.187. The van der Waals surface area contributed by atoms with Gasteiger partial charge in [0, 0.05) is 35.7 Å². The second-order valence-corrected chi connectivity index (χ2v) is 7.60. The van der Waals surface area contributed by atoms with Crippen LogP contribution in [0, 0.1) is 0 Å². The Hall–Kier alpha value is -2.02. The summed E-state index contributed by atoms with van der Waals surface area (Å²) in [7, 11) is 0. The maximum Gasteiger partial charge on any atom is 0.224 e. The average molecular weight is 377 g/mol. The first-order chi connectivity index (χ1) is 11.6. The Morgan fingerprint density at radius 1 is 1.08 bits per heavy atom. The number of nitrogens with zero attached hydrogens (tertiary/aromatic N) is 1. The van der Waals surface area contributed by atoms with Crippen molar-refractivity contribution in [2.45, 2.75) is 12.8 Å². The van der Waals surface area contributed by atoms with E-state index >= 15 is 0 Å². The van der Waals surface area contributed by atoms with Gasteiger partial charge in [-0.3, -0.25) is 9.59 Å². The predicted octanol–water partition coefficient (Wildman–Crippen LogP) is 5.13. The summed E-state index contributed by atoms with van der Waals surface area (Å²) in [6, 6.07) is 10.8. The van der Waals surface area contributed by atoms with Crippen molar-refractivity contribution >= 4 is 51.7 Å². The number of nitrogens with one attached hydrogen (secondary N) is 1. The zero-order chi connectivity index (χ0) is 16.9. The number of halogens is 1. The molecule has 0 atom stereocenters. The van der Waals surface area contributed by atoms with Crippen LogP contribution in [0.1, 0.15) is 22.5 Å². The van der Waals surface area contributed by atoms with E-state index in [-0.39, 0.29) is 24.5 Å². The highest BCUT2D eigenvalue weighted by Gasteiger charge is 2.11. The van der Waals surface area contributed by atoms with Crippen LogP contribution in [0.4, 0.5) is 5.69 Å². The zero-order valence-corrected chi connectivity index (χ0v) is 14.9. The summed E-state index contributed by atoms with van der Waals surface area (Å²) in [5.74, 6) is -0.255. The molecule has 0 saturated carbocycles. The molecular formula is C17H13ClN2O2S2. The molecule has 0 aliphatic heterocycles. The van der Waals surface area contributed by atoms with E-state index in [0.29, 0.717) is 14.9 Å². The van der Waals surface area contributed by atoms with Crippen LogP contribution in [0.2, 0.25) is 4.34 Å². The molecule has 7 heteroatoms. The van der Waals surface area contributed by atoms with Gasteiger partial charge in [0.1, 0.15) is 5.01 Å². The molecule has 122 valence electrons. The molecule has 1 N–H and O–H groups in total. The summed E-state index contributed by atoms with van der Waals surface area (Å²) in [5, 5.41) is 5.65. The van der Waals surface area contributed by atoms with E-state index in [1.807, 2.05) is 29.6 Å². The second-order valence-electron chi connectivity index (χ2n) is 4.99. The van der Waals surface area contributed by atoms with E-state index in [1.54, 1.807) is 29.7 Å². The van der Waals surface area contributed by atoms with E-state index in [0.717, 1.165) is 10.6 Å². The molecule has 3 aromatic rings. The van der Waals surface area contributed by atoms with Crippen molar-refractivity contribution in [2.24, 2.45) is 0 Å². The number of Topliss-reactive ketones (excluding diaryl/α,β-unsaturated/α-hetero) is 1. The molecule has 0 aliphatic carbocycles. The van der Waals surface area contributed by atoms with E-state index < -0.39 is 0 Å². The van der Waals surface area contributed by atoms with Gasteiger partial charge in [-0.2, -0.15) is 0 Å². The lowest BCUT2D eigenvalue weighted by atomic mass is 10.1. The Kier molecular flexibility index (Phi) is 5.40. The summed E-state index contributed by atoms with van der Waals surface area (Å²) in [6.07, 6.45) is 2.07. The number of carbonyl (C=O) groups is 2. The van der Waals surface area contributed by atoms with Crippen molar-refractivity contribution in [1.82, 2.24) is 4.98 Å². The molecule has 3 rings (SSSR count). The first-order valence-electron chi connectivity index (χ1n) is 7.20. The Morgan fingerprint density at radius 2 is 1.88 bits per heavy atom. The van der Waals surface area contributed by atoms with Crippen molar-refractivity contribution in [3.05, 3.63) is 57.2 Å². The molecule has 2 aromatic heterocycles. The van der Waals surface area contributed by atoms with Crippen molar-refractivity contribution in [3.8, 4) is 10.6 Å². The molecule has 24 heavy (non-hydrogen) atoms. The van der Waals surface area contributed by atoms with Crippen molar-refractivity contribution in [2.75, 3.05) is 5.32 Å². The van der Waals surface area contributed by atoms with Gasteiger partial charge in [-0.05, 0) is 36.4 Å². The van der Waals surface area contributed by atoms with Gasteiger partial charge in [0.15, 0.2) is 5.78 Å². The van der Waals surface area contributed by atoms with Crippen molar-refractivity contribution in [3.63, 3.8) is 0 Å². The number of aromatic nitrogens is 1. The van der Waals surface area contributed by atoms with Gasteiger partial charge in [0.05, 0.1) is 9.21 Å². The molecule has 2 heterocycles. The fourth-order valence-corrected chi connectivity index (χ4v) is 3.76. The Labute approximate surface area is 152 Å². The number of amides is 1. The predicted molar refractivity (Wildman–Crippen MR) is 99.1 cm³/mol. The summed E-state index contributed by atoms with van der Waals surface area (Å²) in [4.78, 5) is 28.8. The van der Waals surface area contributed by atoms with Gasteiger partial charge in [-0.1, -0.05) is 11.6 Å². The zero-order valence-electron chi connectivity index (χ0n) is 12.5. The van der Waals surface area contributed by atoms with Crippen molar-refractivity contribution < 1.29 is 9.59 Å². The number of rotatable bonds is 6.